The smallest absolute Gasteiger partial charge is 0.322 e. The van der Waals surface area contributed by atoms with Crippen molar-refractivity contribution in [2.24, 2.45) is 0 Å². The van der Waals surface area contributed by atoms with Gasteiger partial charge in [0, 0.05) is 36.6 Å². The Balaban J connectivity index is 1.44. The molecule has 1 aromatic heterocycles. The summed E-state index contributed by atoms with van der Waals surface area (Å²) in [5.41, 5.74) is -0.231. The molecule has 7 nitrogen and oxygen atoms in total. The monoisotopic (exact) mass is 466 g/mol. The summed E-state index contributed by atoms with van der Waals surface area (Å²) in [6, 6.07) is 13.9. The number of benzene rings is 2. The van der Waals surface area contributed by atoms with Crippen LogP contribution in [-0.4, -0.2) is 55.3 Å². The lowest BCUT2D eigenvalue weighted by molar-refractivity contribution is 0.0304. The van der Waals surface area contributed by atoms with E-state index in [2.05, 4.69) is 10.1 Å². The van der Waals surface area contributed by atoms with Crippen LogP contribution in [0.15, 0.2) is 68.9 Å². The maximum atomic E-state index is 14.6. The number of sulfonamides is 1. The maximum Gasteiger partial charge on any atom is 0.335 e. The number of halogens is 2. The Kier molecular flexibility index (Phi) is 6.00. The van der Waals surface area contributed by atoms with Crippen molar-refractivity contribution in [3.8, 4) is 0 Å². The van der Waals surface area contributed by atoms with Crippen LogP contribution in [0.1, 0.15) is 11.4 Å². The molecule has 2 aromatic carbocycles. The molecular weight excluding hydrogens is 446 g/mol. The van der Waals surface area contributed by atoms with E-state index in [9.17, 15) is 17.2 Å². The number of rotatable bonds is 6. The molecule has 3 aromatic rings. The number of piperazine rings is 1. The highest BCUT2D eigenvalue weighted by Gasteiger charge is 2.40. The van der Waals surface area contributed by atoms with Gasteiger partial charge in [-0.15, -0.1) is 11.8 Å². The minimum absolute atomic E-state index is 0.0491. The fourth-order valence-corrected chi connectivity index (χ4v) is 5.09. The Hall–Kier alpha value is -2.50. The highest BCUT2D eigenvalue weighted by Crippen LogP contribution is 2.34. The first-order chi connectivity index (χ1) is 14.8. The third kappa shape index (κ3) is 4.30. The van der Waals surface area contributed by atoms with Gasteiger partial charge in [0.15, 0.2) is 0 Å². The second-order valence-electron chi connectivity index (χ2n) is 6.91. The minimum Gasteiger partial charge on any atom is -0.322 e. The van der Waals surface area contributed by atoms with E-state index in [1.165, 1.54) is 40.3 Å². The van der Waals surface area contributed by atoms with Crippen LogP contribution in [0.3, 0.4) is 0 Å². The molecule has 0 bridgehead atoms. The van der Waals surface area contributed by atoms with E-state index >= 15 is 0 Å². The Morgan fingerprint density at radius 3 is 2.26 bits per heavy atom. The van der Waals surface area contributed by atoms with Gasteiger partial charge in [0.1, 0.15) is 0 Å². The van der Waals surface area contributed by atoms with Crippen molar-refractivity contribution in [2.45, 2.75) is 15.7 Å². The molecule has 0 amide bonds. The first-order valence-electron chi connectivity index (χ1n) is 9.49. The van der Waals surface area contributed by atoms with Gasteiger partial charge in [-0.25, -0.2) is 8.42 Å². The summed E-state index contributed by atoms with van der Waals surface area (Å²) in [6.07, 6.45) is 1.92. The van der Waals surface area contributed by atoms with Gasteiger partial charge < -0.3 is 9.42 Å². The lowest BCUT2D eigenvalue weighted by atomic mass is 10.1. The first-order valence-corrected chi connectivity index (χ1v) is 12.2. The van der Waals surface area contributed by atoms with E-state index in [4.69, 9.17) is 4.52 Å². The van der Waals surface area contributed by atoms with Crippen LogP contribution in [0.25, 0.3) is 0 Å². The van der Waals surface area contributed by atoms with E-state index in [0.717, 1.165) is 4.90 Å². The van der Waals surface area contributed by atoms with E-state index in [1.807, 2.05) is 6.26 Å². The largest absolute Gasteiger partial charge is 0.335 e. The van der Waals surface area contributed by atoms with Crippen molar-refractivity contribution in [3.05, 3.63) is 66.0 Å². The van der Waals surface area contributed by atoms with Crippen LogP contribution in [0.2, 0.25) is 0 Å². The standard InChI is InChI=1S/C20H20F2N4O3S2/c1-30-16-7-9-17(10-8-16)31(27,28)26-13-11-25(12-14-26)19-23-18(24-29-19)20(21,22)15-5-3-2-4-6-15/h2-10H,11-14H2,1H3. The van der Waals surface area contributed by atoms with Crippen molar-refractivity contribution in [1.82, 2.24) is 14.4 Å². The normalized spacial score (nSPS) is 15.9. The molecule has 2 heterocycles. The summed E-state index contributed by atoms with van der Waals surface area (Å²) in [5, 5.41) is 3.46. The van der Waals surface area contributed by atoms with Gasteiger partial charge in [-0.1, -0.05) is 35.5 Å². The summed E-state index contributed by atoms with van der Waals surface area (Å²) in [6.45, 7) is 0.861. The van der Waals surface area contributed by atoms with E-state index < -0.39 is 21.8 Å². The molecule has 4 rings (SSSR count). The Morgan fingerprint density at radius 1 is 1.00 bits per heavy atom. The van der Waals surface area contributed by atoms with Crippen LogP contribution >= 0.6 is 11.8 Å². The van der Waals surface area contributed by atoms with E-state index in [1.54, 1.807) is 35.2 Å². The fraction of sp³-hybridized carbons (Fsp3) is 0.300. The average molecular weight is 467 g/mol. The van der Waals surface area contributed by atoms with Crippen LogP contribution in [0, 0.1) is 0 Å². The zero-order valence-corrected chi connectivity index (χ0v) is 18.2. The highest BCUT2D eigenvalue weighted by atomic mass is 32.2. The Labute approximate surface area is 183 Å². The van der Waals surface area contributed by atoms with Crippen molar-refractivity contribution >= 4 is 27.8 Å². The lowest BCUT2D eigenvalue weighted by Crippen LogP contribution is -2.48. The van der Waals surface area contributed by atoms with Gasteiger partial charge in [0.05, 0.1) is 4.90 Å². The molecule has 11 heteroatoms. The molecule has 0 N–H and O–H groups in total. The maximum absolute atomic E-state index is 14.6. The second kappa shape index (κ2) is 8.56. The average Bonchev–Trinajstić information content (AvgIpc) is 3.31. The van der Waals surface area contributed by atoms with E-state index in [0.29, 0.717) is 0 Å². The molecule has 0 spiro atoms. The molecular formula is C20H20F2N4O3S2. The molecule has 1 saturated heterocycles. The molecule has 0 aliphatic carbocycles. The first kappa shape index (κ1) is 21.7. The van der Waals surface area contributed by atoms with Crippen LogP contribution in [0.5, 0.6) is 0 Å². The zero-order chi connectivity index (χ0) is 22.1. The predicted molar refractivity (Wildman–Crippen MR) is 113 cm³/mol. The molecule has 1 fully saturated rings. The number of aromatic nitrogens is 2. The summed E-state index contributed by atoms with van der Waals surface area (Å²) >= 11 is 1.53. The summed E-state index contributed by atoms with van der Waals surface area (Å²) in [7, 11) is -3.64. The summed E-state index contributed by atoms with van der Waals surface area (Å²) in [4.78, 5) is 6.68. The molecule has 1 aliphatic heterocycles. The lowest BCUT2D eigenvalue weighted by Gasteiger charge is -2.32. The predicted octanol–water partition coefficient (Wildman–Crippen LogP) is 3.44. The van der Waals surface area contributed by atoms with Gasteiger partial charge in [0.25, 0.3) is 0 Å². The molecule has 31 heavy (non-hydrogen) atoms. The number of hydrogen-bond donors (Lipinski definition) is 0. The molecule has 0 saturated carbocycles. The zero-order valence-electron chi connectivity index (χ0n) is 16.6. The van der Waals surface area contributed by atoms with Crippen molar-refractivity contribution in [2.75, 3.05) is 37.3 Å². The number of alkyl halides is 2. The van der Waals surface area contributed by atoms with Crippen LogP contribution in [-0.2, 0) is 15.9 Å². The van der Waals surface area contributed by atoms with Gasteiger partial charge in [0.2, 0.25) is 15.8 Å². The summed E-state index contributed by atoms with van der Waals surface area (Å²) < 4.78 is 61.4. The number of anilines is 1. The van der Waals surface area contributed by atoms with Gasteiger partial charge in [-0.3, -0.25) is 0 Å². The fourth-order valence-electron chi connectivity index (χ4n) is 3.26. The molecule has 164 valence electrons. The third-order valence-electron chi connectivity index (χ3n) is 5.04. The minimum atomic E-state index is -3.64. The highest BCUT2D eigenvalue weighted by molar-refractivity contribution is 7.98. The number of hydrogen-bond acceptors (Lipinski definition) is 7. The van der Waals surface area contributed by atoms with Crippen molar-refractivity contribution < 1.29 is 21.7 Å². The molecule has 0 atom stereocenters. The molecule has 1 aliphatic rings. The van der Waals surface area contributed by atoms with Crippen molar-refractivity contribution in [1.29, 1.82) is 0 Å². The van der Waals surface area contributed by atoms with Gasteiger partial charge in [-0.05, 0) is 30.5 Å². The van der Waals surface area contributed by atoms with Crippen LogP contribution < -0.4 is 4.90 Å². The van der Waals surface area contributed by atoms with Gasteiger partial charge >= 0.3 is 11.9 Å². The molecule has 0 radical (unpaired) electrons. The number of thioether (sulfide) groups is 1. The molecule has 0 unspecified atom stereocenters. The van der Waals surface area contributed by atoms with Gasteiger partial charge in [-0.2, -0.15) is 18.1 Å². The summed E-state index contributed by atoms with van der Waals surface area (Å²) in [5.74, 6) is -4.12. The Bertz CT molecular complexity index is 1130. The number of nitrogens with zero attached hydrogens (tertiary/aromatic N) is 4. The van der Waals surface area contributed by atoms with Crippen molar-refractivity contribution in [3.63, 3.8) is 0 Å². The Morgan fingerprint density at radius 2 is 1.65 bits per heavy atom. The van der Waals surface area contributed by atoms with Crippen LogP contribution in [0.4, 0.5) is 14.8 Å². The van der Waals surface area contributed by atoms with E-state index in [-0.39, 0.29) is 42.7 Å². The quantitative estimate of drug-likeness (QED) is 0.515. The SMILES string of the molecule is CSc1ccc(S(=O)(=O)N2CCN(c3nc(C(F)(F)c4ccccc4)no3)CC2)cc1. The third-order valence-corrected chi connectivity index (χ3v) is 7.70. The second-order valence-corrected chi connectivity index (χ2v) is 9.73. The topological polar surface area (TPSA) is 79.5 Å².